The number of carbonyl (C=O) groups excluding carboxylic acids is 1. The molecule has 1 saturated carbocycles. The highest BCUT2D eigenvalue weighted by atomic mass is 16.1. The van der Waals surface area contributed by atoms with E-state index >= 15 is 0 Å². The first-order valence-corrected chi connectivity index (χ1v) is 6.89. The van der Waals surface area contributed by atoms with Crippen molar-refractivity contribution in [1.82, 2.24) is 15.0 Å². The molecule has 2 N–H and O–H groups in total. The first-order valence-electron chi connectivity index (χ1n) is 6.89. The van der Waals surface area contributed by atoms with Crippen LogP contribution >= 0.6 is 0 Å². The summed E-state index contributed by atoms with van der Waals surface area (Å²) in [7, 11) is 0. The number of ketones is 1. The van der Waals surface area contributed by atoms with E-state index in [0.29, 0.717) is 5.69 Å². The van der Waals surface area contributed by atoms with E-state index in [1.165, 1.54) is 6.20 Å². The molecular formula is C15H18N4O. The molecule has 0 radical (unpaired) electrons. The average molecular weight is 270 g/mol. The lowest BCUT2D eigenvalue weighted by Crippen LogP contribution is -2.41. The van der Waals surface area contributed by atoms with Crippen molar-refractivity contribution in [2.24, 2.45) is 11.1 Å². The summed E-state index contributed by atoms with van der Waals surface area (Å²) in [6, 6.07) is 9.47. The minimum atomic E-state index is -0.506. The van der Waals surface area contributed by atoms with Gasteiger partial charge >= 0.3 is 0 Å². The zero-order chi connectivity index (χ0) is 14.2. The standard InChI is InChI=1S/C15H18N4O/c1-15(9-5-8-13(15)16)14(20)12-10-17-18-19(12)11-6-3-2-4-7-11/h2-4,6-7,10,13H,5,8-9,16H2,1H3. The summed E-state index contributed by atoms with van der Waals surface area (Å²) in [5.41, 5.74) is 6.98. The molecule has 5 heteroatoms. The Hall–Kier alpha value is -2.01. The lowest BCUT2D eigenvalue weighted by atomic mass is 9.79. The van der Waals surface area contributed by atoms with Gasteiger partial charge in [-0.3, -0.25) is 4.79 Å². The second kappa shape index (κ2) is 4.83. The fraction of sp³-hybridized carbons (Fsp3) is 0.400. The number of hydrogen-bond acceptors (Lipinski definition) is 4. The van der Waals surface area contributed by atoms with E-state index in [4.69, 9.17) is 5.73 Å². The number of carbonyl (C=O) groups is 1. The highest BCUT2D eigenvalue weighted by Gasteiger charge is 2.44. The monoisotopic (exact) mass is 270 g/mol. The highest BCUT2D eigenvalue weighted by molar-refractivity contribution is 5.99. The largest absolute Gasteiger partial charge is 0.327 e. The number of aromatic nitrogens is 3. The molecule has 1 aromatic carbocycles. The summed E-state index contributed by atoms with van der Waals surface area (Å²) in [6.07, 6.45) is 4.25. The molecule has 0 bridgehead atoms. The summed E-state index contributed by atoms with van der Waals surface area (Å²) in [5.74, 6) is 0.0383. The Kier molecular flexibility index (Phi) is 3.14. The highest BCUT2D eigenvalue weighted by Crippen LogP contribution is 2.39. The van der Waals surface area contributed by atoms with E-state index in [1.807, 2.05) is 37.3 Å². The molecule has 1 heterocycles. The number of hydrogen-bond donors (Lipinski definition) is 1. The van der Waals surface area contributed by atoms with Crippen LogP contribution in [0.3, 0.4) is 0 Å². The maximum Gasteiger partial charge on any atom is 0.190 e. The van der Waals surface area contributed by atoms with Gasteiger partial charge in [0.2, 0.25) is 0 Å². The van der Waals surface area contributed by atoms with Crippen molar-refractivity contribution in [3.63, 3.8) is 0 Å². The second-order valence-electron chi connectivity index (χ2n) is 5.61. The molecule has 1 aliphatic carbocycles. The SMILES string of the molecule is CC1(C(=O)c2cnnn2-c2ccccc2)CCCC1N. The van der Waals surface area contributed by atoms with Crippen LogP contribution in [-0.2, 0) is 0 Å². The number of benzene rings is 1. The topological polar surface area (TPSA) is 73.8 Å². The number of rotatable bonds is 3. The van der Waals surface area contributed by atoms with Crippen molar-refractivity contribution < 1.29 is 4.79 Å². The van der Waals surface area contributed by atoms with Gasteiger partial charge in [0.25, 0.3) is 0 Å². The maximum absolute atomic E-state index is 12.9. The molecule has 5 nitrogen and oxygen atoms in total. The van der Waals surface area contributed by atoms with E-state index in [2.05, 4.69) is 10.3 Å². The number of Topliss-reactive ketones (excluding diaryl/α,β-unsaturated/α-hetero) is 1. The molecule has 3 rings (SSSR count). The molecule has 1 aliphatic rings. The van der Waals surface area contributed by atoms with Gasteiger partial charge in [0.15, 0.2) is 5.78 Å². The average Bonchev–Trinajstić information content (AvgIpc) is 3.08. The third-order valence-electron chi connectivity index (χ3n) is 4.33. The van der Waals surface area contributed by atoms with E-state index in [1.54, 1.807) is 4.68 Å². The summed E-state index contributed by atoms with van der Waals surface area (Å²) >= 11 is 0. The fourth-order valence-electron chi connectivity index (χ4n) is 2.92. The molecule has 0 amide bonds. The first-order chi connectivity index (χ1) is 9.63. The Morgan fingerprint density at radius 2 is 2.15 bits per heavy atom. The minimum absolute atomic E-state index is 0.0383. The van der Waals surface area contributed by atoms with Crippen molar-refractivity contribution in [3.05, 3.63) is 42.2 Å². The van der Waals surface area contributed by atoms with Crippen molar-refractivity contribution in [2.45, 2.75) is 32.2 Å². The van der Waals surface area contributed by atoms with Crippen LogP contribution in [0.15, 0.2) is 36.5 Å². The van der Waals surface area contributed by atoms with Crippen LogP contribution in [0.4, 0.5) is 0 Å². The molecule has 1 aromatic heterocycles. The van der Waals surface area contributed by atoms with Crippen LogP contribution in [-0.4, -0.2) is 26.8 Å². The predicted octanol–water partition coefficient (Wildman–Crippen LogP) is 1.97. The van der Waals surface area contributed by atoms with Crippen molar-refractivity contribution >= 4 is 5.78 Å². The summed E-state index contributed by atoms with van der Waals surface area (Å²) < 4.78 is 1.60. The Morgan fingerprint density at radius 3 is 2.80 bits per heavy atom. The minimum Gasteiger partial charge on any atom is -0.327 e. The Morgan fingerprint density at radius 1 is 1.40 bits per heavy atom. The van der Waals surface area contributed by atoms with Gasteiger partial charge in [-0.05, 0) is 25.0 Å². The Balaban J connectivity index is 2.00. The van der Waals surface area contributed by atoms with Gasteiger partial charge in [0, 0.05) is 11.5 Å². The van der Waals surface area contributed by atoms with Crippen LogP contribution < -0.4 is 5.73 Å². The number of nitrogens with two attached hydrogens (primary N) is 1. The molecule has 20 heavy (non-hydrogen) atoms. The second-order valence-corrected chi connectivity index (χ2v) is 5.61. The van der Waals surface area contributed by atoms with Gasteiger partial charge in [-0.15, -0.1) is 5.10 Å². The molecule has 2 unspecified atom stereocenters. The zero-order valence-electron chi connectivity index (χ0n) is 11.5. The first kappa shape index (κ1) is 13.0. The van der Waals surface area contributed by atoms with Crippen LogP contribution in [0.2, 0.25) is 0 Å². The van der Waals surface area contributed by atoms with Crippen LogP contribution in [0.25, 0.3) is 5.69 Å². The number of para-hydroxylation sites is 1. The molecule has 2 atom stereocenters. The third-order valence-corrected chi connectivity index (χ3v) is 4.33. The fourth-order valence-corrected chi connectivity index (χ4v) is 2.92. The summed E-state index contributed by atoms with van der Waals surface area (Å²) in [4.78, 5) is 12.9. The molecule has 2 aromatic rings. The molecular weight excluding hydrogens is 252 g/mol. The van der Waals surface area contributed by atoms with E-state index in [9.17, 15) is 4.79 Å². The molecule has 1 fully saturated rings. The zero-order valence-corrected chi connectivity index (χ0v) is 11.5. The van der Waals surface area contributed by atoms with Crippen molar-refractivity contribution in [1.29, 1.82) is 0 Å². The Labute approximate surface area is 117 Å². The third kappa shape index (κ3) is 1.94. The van der Waals surface area contributed by atoms with Gasteiger partial charge in [0.05, 0.1) is 11.9 Å². The van der Waals surface area contributed by atoms with E-state index in [-0.39, 0.29) is 11.8 Å². The predicted molar refractivity (Wildman–Crippen MR) is 75.6 cm³/mol. The molecule has 0 aliphatic heterocycles. The van der Waals surface area contributed by atoms with Gasteiger partial charge in [-0.25, -0.2) is 4.68 Å². The van der Waals surface area contributed by atoms with E-state index < -0.39 is 5.41 Å². The Bertz CT molecular complexity index is 622. The van der Waals surface area contributed by atoms with Crippen LogP contribution in [0, 0.1) is 5.41 Å². The number of nitrogens with zero attached hydrogens (tertiary/aromatic N) is 3. The quantitative estimate of drug-likeness (QED) is 0.865. The normalized spacial score (nSPS) is 25.8. The van der Waals surface area contributed by atoms with E-state index in [0.717, 1.165) is 24.9 Å². The van der Waals surface area contributed by atoms with Crippen LogP contribution in [0.5, 0.6) is 0 Å². The van der Waals surface area contributed by atoms with Gasteiger partial charge in [0.1, 0.15) is 5.69 Å². The lowest BCUT2D eigenvalue weighted by Gasteiger charge is -2.27. The van der Waals surface area contributed by atoms with Crippen molar-refractivity contribution in [3.8, 4) is 5.69 Å². The van der Waals surface area contributed by atoms with Gasteiger partial charge in [-0.1, -0.05) is 36.8 Å². The molecule has 104 valence electrons. The van der Waals surface area contributed by atoms with Crippen LogP contribution in [0.1, 0.15) is 36.7 Å². The maximum atomic E-state index is 12.9. The summed E-state index contributed by atoms with van der Waals surface area (Å²) in [6.45, 7) is 1.95. The molecule has 0 saturated heterocycles. The summed E-state index contributed by atoms with van der Waals surface area (Å²) in [5, 5.41) is 7.94. The molecule has 0 spiro atoms. The van der Waals surface area contributed by atoms with Gasteiger partial charge < -0.3 is 5.73 Å². The lowest BCUT2D eigenvalue weighted by molar-refractivity contribution is 0.0794. The van der Waals surface area contributed by atoms with Gasteiger partial charge in [-0.2, -0.15) is 0 Å². The van der Waals surface area contributed by atoms with Crippen molar-refractivity contribution in [2.75, 3.05) is 0 Å². The smallest absolute Gasteiger partial charge is 0.190 e.